The Kier molecular flexibility index (Phi) is 4.63. The molecule has 0 aliphatic rings. The molecule has 0 unspecified atom stereocenters. The van der Waals surface area contributed by atoms with Crippen LogP contribution in [0, 0.1) is 20.8 Å². The highest BCUT2D eigenvalue weighted by atomic mass is 16.5. The molecule has 0 spiro atoms. The van der Waals surface area contributed by atoms with Crippen LogP contribution >= 0.6 is 0 Å². The van der Waals surface area contributed by atoms with Gasteiger partial charge in [-0.3, -0.25) is 4.79 Å². The van der Waals surface area contributed by atoms with Gasteiger partial charge in [-0.05, 0) is 50.1 Å². The number of hydrogen-bond acceptors (Lipinski definition) is 3. The Morgan fingerprint density at radius 1 is 0.952 bits per heavy atom. The molecule has 0 radical (unpaired) electrons. The molecule has 0 N–H and O–H groups in total. The lowest BCUT2D eigenvalue weighted by molar-refractivity contribution is 0.0918. The number of methoxy groups -OCH3 is 1. The maximum absolute atomic E-state index is 12.3. The van der Waals surface area contributed by atoms with E-state index in [-0.39, 0.29) is 12.4 Å². The number of carbonyl (C=O) groups excluding carboxylic acids is 1. The van der Waals surface area contributed by atoms with Crippen LogP contribution in [0.15, 0.2) is 36.4 Å². The molecule has 3 nitrogen and oxygen atoms in total. The van der Waals surface area contributed by atoms with Crippen molar-refractivity contribution in [1.29, 1.82) is 0 Å². The summed E-state index contributed by atoms with van der Waals surface area (Å²) in [5.74, 6) is 1.23. The van der Waals surface area contributed by atoms with E-state index in [4.69, 9.17) is 9.47 Å². The SMILES string of the molecule is COc1cc(C)ccc1C(=O)COc1ccc(C)cc1C. The quantitative estimate of drug-likeness (QED) is 0.782. The number of ether oxygens (including phenoxy) is 2. The Balaban J connectivity index is 2.11. The molecule has 0 fully saturated rings. The minimum atomic E-state index is -0.0909. The van der Waals surface area contributed by atoms with E-state index in [0.717, 1.165) is 16.9 Å². The molecule has 21 heavy (non-hydrogen) atoms. The monoisotopic (exact) mass is 284 g/mol. The summed E-state index contributed by atoms with van der Waals surface area (Å²) in [6.45, 7) is 5.96. The largest absolute Gasteiger partial charge is 0.496 e. The van der Waals surface area contributed by atoms with Crippen LogP contribution in [-0.2, 0) is 0 Å². The van der Waals surface area contributed by atoms with Crippen molar-refractivity contribution in [2.75, 3.05) is 13.7 Å². The van der Waals surface area contributed by atoms with E-state index < -0.39 is 0 Å². The summed E-state index contributed by atoms with van der Waals surface area (Å²) in [5.41, 5.74) is 3.80. The van der Waals surface area contributed by atoms with E-state index in [9.17, 15) is 4.79 Å². The zero-order chi connectivity index (χ0) is 15.4. The van der Waals surface area contributed by atoms with Crippen molar-refractivity contribution in [1.82, 2.24) is 0 Å². The molecule has 0 atom stereocenters. The van der Waals surface area contributed by atoms with Gasteiger partial charge in [0.25, 0.3) is 0 Å². The van der Waals surface area contributed by atoms with Crippen molar-refractivity contribution < 1.29 is 14.3 Å². The highest BCUT2D eigenvalue weighted by molar-refractivity contribution is 5.99. The van der Waals surface area contributed by atoms with E-state index in [1.807, 2.05) is 51.1 Å². The molecule has 0 saturated heterocycles. The molecule has 2 rings (SSSR count). The first-order chi connectivity index (χ1) is 10.0. The van der Waals surface area contributed by atoms with Gasteiger partial charge in [0.15, 0.2) is 6.61 Å². The first-order valence-corrected chi connectivity index (χ1v) is 6.89. The van der Waals surface area contributed by atoms with Gasteiger partial charge in [-0.2, -0.15) is 0 Å². The fraction of sp³-hybridized carbons (Fsp3) is 0.278. The number of rotatable bonds is 5. The third-order valence-electron chi connectivity index (χ3n) is 3.35. The van der Waals surface area contributed by atoms with Crippen LogP contribution in [0.2, 0.25) is 0 Å². The maximum Gasteiger partial charge on any atom is 0.203 e. The number of benzene rings is 2. The van der Waals surface area contributed by atoms with E-state index in [2.05, 4.69) is 0 Å². The number of ketones is 1. The highest BCUT2D eigenvalue weighted by Crippen LogP contribution is 2.22. The van der Waals surface area contributed by atoms with Gasteiger partial charge in [-0.1, -0.05) is 23.8 Å². The normalized spacial score (nSPS) is 10.3. The summed E-state index contributed by atoms with van der Waals surface area (Å²) in [6.07, 6.45) is 0. The Morgan fingerprint density at radius 3 is 2.29 bits per heavy atom. The van der Waals surface area contributed by atoms with Gasteiger partial charge in [0.2, 0.25) is 5.78 Å². The van der Waals surface area contributed by atoms with Gasteiger partial charge in [0, 0.05) is 0 Å². The molecule has 110 valence electrons. The smallest absolute Gasteiger partial charge is 0.203 e. The third kappa shape index (κ3) is 3.63. The molecule has 0 heterocycles. The Bertz CT molecular complexity index is 660. The minimum Gasteiger partial charge on any atom is -0.496 e. The number of hydrogen-bond donors (Lipinski definition) is 0. The maximum atomic E-state index is 12.3. The van der Waals surface area contributed by atoms with Crippen molar-refractivity contribution in [3.05, 3.63) is 58.7 Å². The number of carbonyl (C=O) groups is 1. The predicted molar refractivity (Wildman–Crippen MR) is 83.5 cm³/mol. The predicted octanol–water partition coefficient (Wildman–Crippen LogP) is 3.88. The number of aryl methyl sites for hydroxylation is 3. The Morgan fingerprint density at radius 2 is 1.62 bits per heavy atom. The minimum absolute atomic E-state index is 0.00330. The lowest BCUT2D eigenvalue weighted by Gasteiger charge is -2.11. The van der Waals surface area contributed by atoms with E-state index in [0.29, 0.717) is 11.3 Å². The zero-order valence-corrected chi connectivity index (χ0v) is 12.9. The number of Topliss-reactive ketones (excluding diaryl/α,β-unsaturated/α-hetero) is 1. The van der Waals surface area contributed by atoms with Gasteiger partial charge in [0.1, 0.15) is 11.5 Å². The van der Waals surface area contributed by atoms with Crippen molar-refractivity contribution >= 4 is 5.78 Å². The van der Waals surface area contributed by atoms with Crippen LogP contribution < -0.4 is 9.47 Å². The van der Waals surface area contributed by atoms with Gasteiger partial charge in [0.05, 0.1) is 12.7 Å². The molecule has 3 heteroatoms. The summed E-state index contributed by atoms with van der Waals surface area (Å²) in [7, 11) is 1.57. The van der Waals surface area contributed by atoms with E-state index in [1.165, 1.54) is 5.56 Å². The summed E-state index contributed by atoms with van der Waals surface area (Å²) in [4.78, 5) is 12.3. The second-order valence-corrected chi connectivity index (χ2v) is 5.18. The fourth-order valence-electron chi connectivity index (χ4n) is 2.21. The highest BCUT2D eigenvalue weighted by Gasteiger charge is 2.13. The Hall–Kier alpha value is -2.29. The van der Waals surface area contributed by atoms with Gasteiger partial charge in [-0.25, -0.2) is 0 Å². The molecule has 0 aliphatic carbocycles. The first kappa shape index (κ1) is 15.1. The lowest BCUT2D eigenvalue weighted by atomic mass is 10.1. The van der Waals surface area contributed by atoms with Crippen molar-refractivity contribution in [2.24, 2.45) is 0 Å². The average molecular weight is 284 g/mol. The molecule has 2 aromatic carbocycles. The van der Waals surface area contributed by atoms with Gasteiger partial charge in [-0.15, -0.1) is 0 Å². The van der Waals surface area contributed by atoms with Gasteiger partial charge < -0.3 is 9.47 Å². The van der Waals surface area contributed by atoms with Crippen LogP contribution in [-0.4, -0.2) is 19.5 Å². The zero-order valence-electron chi connectivity index (χ0n) is 12.9. The van der Waals surface area contributed by atoms with Crippen molar-refractivity contribution in [2.45, 2.75) is 20.8 Å². The third-order valence-corrected chi connectivity index (χ3v) is 3.35. The first-order valence-electron chi connectivity index (χ1n) is 6.89. The standard InChI is InChI=1S/C18H20O3/c1-12-6-8-17(14(3)9-12)21-11-16(19)15-7-5-13(2)10-18(15)20-4/h5-10H,11H2,1-4H3. The van der Waals surface area contributed by atoms with Crippen LogP contribution in [0.5, 0.6) is 11.5 Å². The molecular weight excluding hydrogens is 264 g/mol. The molecule has 2 aromatic rings. The summed E-state index contributed by atoms with van der Waals surface area (Å²) in [5, 5.41) is 0. The topological polar surface area (TPSA) is 35.5 Å². The molecular formula is C18H20O3. The van der Waals surface area contributed by atoms with Crippen LogP contribution in [0.1, 0.15) is 27.0 Å². The van der Waals surface area contributed by atoms with Crippen LogP contribution in [0.4, 0.5) is 0 Å². The fourth-order valence-corrected chi connectivity index (χ4v) is 2.21. The molecule has 0 aliphatic heterocycles. The Labute approximate surface area is 125 Å². The second kappa shape index (κ2) is 6.44. The van der Waals surface area contributed by atoms with Crippen molar-refractivity contribution in [3.8, 4) is 11.5 Å². The molecule has 0 aromatic heterocycles. The van der Waals surface area contributed by atoms with E-state index >= 15 is 0 Å². The summed E-state index contributed by atoms with van der Waals surface area (Å²) < 4.78 is 10.9. The van der Waals surface area contributed by atoms with Crippen LogP contribution in [0.3, 0.4) is 0 Å². The van der Waals surface area contributed by atoms with Gasteiger partial charge >= 0.3 is 0 Å². The van der Waals surface area contributed by atoms with Crippen LogP contribution in [0.25, 0.3) is 0 Å². The average Bonchev–Trinajstić information content (AvgIpc) is 2.45. The molecule has 0 amide bonds. The van der Waals surface area contributed by atoms with E-state index in [1.54, 1.807) is 13.2 Å². The lowest BCUT2D eigenvalue weighted by Crippen LogP contribution is -2.13. The summed E-state index contributed by atoms with van der Waals surface area (Å²) in [6, 6.07) is 11.4. The molecule has 0 bridgehead atoms. The summed E-state index contributed by atoms with van der Waals surface area (Å²) >= 11 is 0. The second-order valence-electron chi connectivity index (χ2n) is 5.18. The molecule has 0 saturated carbocycles. The van der Waals surface area contributed by atoms with Crippen molar-refractivity contribution in [3.63, 3.8) is 0 Å².